The third-order valence-corrected chi connectivity index (χ3v) is 12.3. The highest BCUT2D eigenvalue weighted by molar-refractivity contribution is 5.71. The van der Waals surface area contributed by atoms with Crippen molar-refractivity contribution in [3.63, 3.8) is 0 Å². The Balaban J connectivity index is 4.27. The van der Waals surface area contributed by atoms with Crippen molar-refractivity contribution in [3.8, 4) is 0 Å². The predicted octanol–water partition coefficient (Wildman–Crippen LogP) is 20.9. The molecule has 0 aliphatic heterocycles. The largest absolute Gasteiger partial charge is 0.462 e. The van der Waals surface area contributed by atoms with Crippen molar-refractivity contribution in [2.45, 2.75) is 252 Å². The summed E-state index contributed by atoms with van der Waals surface area (Å²) in [5.74, 6) is -0.967. The van der Waals surface area contributed by atoms with Gasteiger partial charge in [0.25, 0.3) is 0 Å². The van der Waals surface area contributed by atoms with Gasteiger partial charge < -0.3 is 14.2 Å². The van der Waals surface area contributed by atoms with Crippen molar-refractivity contribution in [2.75, 3.05) is 13.2 Å². The van der Waals surface area contributed by atoms with Crippen LogP contribution in [0.5, 0.6) is 0 Å². The van der Waals surface area contributed by atoms with E-state index in [0.717, 1.165) is 161 Å². The van der Waals surface area contributed by atoms with Crippen molar-refractivity contribution in [2.24, 2.45) is 0 Å². The molecule has 0 N–H and O–H groups in total. The molecule has 0 spiro atoms. The average Bonchev–Trinajstić information content (AvgIpc) is 3.42. The van der Waals surface area contributed by atoms with E-state index in [0.29, 0.717) is 12.8 Å². The van der Waals surface area contributed by atoms with E-state index in [1.807, 2.05) is 0 Å². The number of hydrogen-bond acceptors (Lipinski definition) is 6. The quantitative estimate of drug-likeness (QED) is 0.0261. The molecule has 0 saturated carbocycles. The number of hydrogen-bond donors (Lipinski definition) is 0. The van der Waals surface area contributed by atoms with Gasteiger partial charge in [0.2, 0.25) is 0 Å². The lowest BCUT2D eigenvalue weighted by Gasteiger charge is -2.18. The van der Waals surface area contributed by atoms with E-state index in [9.17, 15) is 14.4 Å². The summed E-state index contributed by atoms with van der Waals surface area (Å²) in [7, 11) is 0. The minimum atomic E-state index is -0.808. The number of carbonyl (C=O) groups excluding carboxylic acids is 3. The lowest BCUT2D eigenvalue weighted by molar-refractivity contribution is -0.167. The maximum Gasteiger partial charge on any atom is 0.306 e. The first-order chi connectivity index (χ1) is 37.5. The van der Waals surface area contributed by atoms with E-state index in [-0.39, 0.29) is 37.5 Å². The highest BCUT2D eigenvalue weighted by Crippen LogP contribution is 2.14. The van der Waals surface area contributed by atoms with E-state index >= 15 is 0 Å². The summed E-state index contributed by atoms with van der Waals surface area (Å²) in [5.41, 5.74) is 0. The fraction of sp³-hybridized carbons (Fsp3) is 0.586. The minimum absolute atomic E-state index is 0.102. The van der Waals surface area contributed by atoms with Crippen molar-refractivity contribution >= 4 is 17.9 Å². The molecule has 0 heterocycles. The van der Waals surface area contributed by atoms with Crippen LogP contribution in [-0.4, -0.2) is 37.2 Å². The summed E-state index contributed by atoms with van der Waals surface area (Å²) in [4.78, 5) is 38.0. The molecule has 426 valence electrons. The van der Waals surface area contributed by atoms with Crippen LogP contribution in [0.25, 0.3) is 0 Å². The molecule has 0 radical (unpaired) electrons. The Morgan fingerprint density at radius 1 is 0.276 bits per heavy atom. The summed E-state index contributed by atoms with van der Waals surface area (Å²) in [5, 5.41) is 0. The van der Waals surface area contributed by atoms with Gasteiger partial charge in [0.15, 0.2) is 6.10 Å². The van der Waals surface area contributed by atoms with E-state index in [1.165, 1.54) is 44.9 Å². The summed E-state index contributed by atoms with van der Waals surface area (Å²) >= 11 is 0. The summed E-state index contributed by atoms with van der Waals surface area (Å²) in [6, 6.07) is 0. The van der Waals surface area contributed by atoms with Crippen LogP contribution in [0.2, 0.25) is 0 Å². The maximum absolute atomic E-state index is 12.8. The van der Waals surface area contributed by atoms with Crippen molar-refractivity contribution in [3.05, 3.63) is 158 Å². The van der Waals surface area contributed by atoms with Gasteiger partial charge in [0.05, 0.1) is 0 Å². The molecule has 0 aliphatic rings. The molecule has 1 unspecified atom stereocenters. The third-order valence-electron chi connectivity index (χ3n) is 12.3. The van der Waals surface area contributed by atoms with Crippen LogP contribution in [-0.2, 0) is 28.6 Å². The highest BCUT2D eigenvalue weighted by Gasteiger charge is 2.19. The zero-order valence-electron chi connectivity index (χ0n) is 48.7. The van der Waals surface area contributed by atoms with Gasteiger partial charge in [-0.2, -0.15) is 0 Å². The fourth-order valence-electron chi connectivity index (χ4n) is 7.78. The molecule has 6 heteroatoms. The molecular weight excluding hydrogens is 937 g/mol. The van der Waals surface area contributed by atoms with Crippen LogP contribution < -0.4 is 0 Å². The van der Waals surface area contributed by atoms with Gasteiger partial charge in [-0.25, -0.2) is 0 Å². The molecule has 0 fully saturated rings. The number of ether oxygens (including phenoxy) is 3. The summed E-state index contributed by atoms with van der Waals surface area (Å²) in [6.45, 7) is 6.33. The fourth-order valence-corrected chi connectivity index (χ4v) is 7.78. The Labute approximate surface area is 467 Å². The molecule has 0 aromatic heterocycles. The van der Waals surface area contributed by atoms with Crippen molar-refractivity contribution in [1.82, 2.24) is 0 Å². The monoisotopic (exact) mass is 1050 g/mol. The van der Waals surface area contributed by atoms with Gasteiger partial charge in [0.1, 0.15) is 13.2 Å². The Kier molecular flexibility index (Phi) is 58.5. The highest BCUT2D eigenvalue weighted by atomic mass is 16.6. The maximum atomic E-state index is 12.8. The Hall–Kier alpha value is -4.97. The first-order valence-corrected chi connectivity index (χ1v) is 30.5. The van der Waals surface area contributed by atoms with Crippen LogP contribution in [0.1, 0.15) is 245 Å². The molecule has 0 aliphatic carbocycles. The average molecular weight is 1050 g/mol. The lowest BCUT2D eigenvalue weighted by atomic mass is 10.1. The standard InChI is InChI=1S/C70H110O6/c1-4-7-10-13-16-19-22-24-25-26-27-28-29-30-31-32-33-34-35-36-37-38-39-40-41-42-43-44-45-47-48-51-54-57-60-63-69(72)75-66-67(65-74-68(71)62-59-56-53-50-21-18-15-12-9-6-3)76-70(73)64-61-58-55-52-49-46-23-20-17-14-11-8-5-2/h7-8,10-11,16-17,19-20,24-25,27-28,30-31,33-34,36-37,39-40,42-43,45-47,49,67H,4-6,9,12-15,18,21-23,26,29,32,35,38,41,44,48,50-66H2,1-3H3/b10-7-,11-8-,19-16-,20-17-,25-24-,28-27-,31-30-,34-33-,37-36-,40-39-,43-42-,47-45-,49-46-. The van der Waals surface area contributed by atoms with Crippen LogP contribution >= 0.6 is 0 Å². The Bertz CT molecular complexity index is 1720. The predicted molar refractivity (Wildman–Crippen MR) is 329 cm³/mol. The van der Waals surface area contributed by atoms with Crippen molar-refractivity contribution in [1.29, 1.82) is 0 Å². The van der Waals surface area contributed by atoms with Crippen LogP contribution in [0.4, 0.5) is 0 Å². The Morgan fingerprint density at radius 2 is 0.513 bits per heavy atom. The van der Waals surface area contributed by atoms with Crippen LogP contribution in [0, 0.1) is 0 Å². The molecule has 0 amide bonds. The number of unbranched alkanes of at least 4 members (excludes halogenated alkanes) is 16. The Morgan fingerprint density at radius 3 is 0.816 bits per heavy atom. The number of allylic oxidation sites excluding steroid dienone is 26. The van der Waals surface area contributed by atoms with E-state index < -0.39 is 6.10 Å². The van der Waals surface area contributed by atoms with Gasteiger partial charge in [-0.3, -0.25) is 14.4 Å². The SMILES string of the molecule is CC/C=C\C/C=C\C/C=C\C/C=C\C/C=C\C/C=C\C/C=C\C/C=C\C/C=C\C/C=C\CCCCCCC(=O)OCC(COC(=O)CCCCCCCCCCCC)OC(=O)CCCCC/C=C\C/C=C\C/C=C\CC. The molecular formula is C70H110O6. The zero-order chi connectivity index (χ0) is 55.0. The summed E-state index contributed by atoms with van der Waals surface area (Å²) < 4.78 is 16.8. The topological polar surface area (TPSA) is 78.9 Å². The summed E-state index contributed by atoms with van der Waals surface area (Å²) in [6.07, 6.45) is 91.2. The first-order valence-electron chi connectivity index (χ1n) is 30.5. The second-order valence-electron chi connectivity index (χ2n) is 19.5. The molecule has 0 aromatic rings. The van der Waals surface area contributed by atoms with Gasteiger partial charge in [-0.1, -0.05) is 256 Å². The molecule has 0 rings (SSSR count). The number of carbonyl (C=O) groups is 3. The van der Waals surface area contributed by atoms with Crippen molar-refractivity contribution < 1.29 is 28.6 Å². The minimum Gasteiger partial charge on any atom is -0.462 e. The zero-order valence-corrected chi connectivity index (χ0v) is 48.7. The molecule has 0 saturated heterocycles. The number of esters is 3. The smallest absolute Gasteiger partial charge is 0.306 e. The molecule has 1 atom stereocenters. The molecule has 0 aromatic carbocycles. The molecule has 0 bridgehead atoms. The normalized spacial score (nSPS) is 13.2. The van der Waals surface area contributed by atoms with Gasteiger partial charge >= 0.3 is 17.9 Å². The first kappa shape index (κ1) is 71.0. The second kappa shape index (κ2) is 62.6. The van der Waals surface area contributed by atoms with Crippen LogP contribution in [0.15, 0.2) is 158 Å². The van der Waals surface area contributed by atoms with E-state index in [4.69, 9.17) is 14.2 Å². The van der Waals surface area contributed by atoms with E-state index in [1.54, 1.807) is 0 Å². The van der Waals surface area contributed by atoms with E-state index in [2.05, 4.69) is 179 Å². The second-order valence-corrected chi connectivity index (χ2v) is 19.5. The molecule has 76 heavy (non-hydrogen) atoms. The van der Waals surface area contributed by atoms with Gasteiger partial charge in [0, 0.05) is 19.3 Å². The third kappa shape index (κ3) is 59.9. The lowest BCUT2D eigenvalue weighted by Crippen LogP contribution is -2.30. The van der Waals surface area contributed by atoms with Crippen LogP contribution in [0.3, 0.4) is 0 Å². The van der Waals surface area contributed by atoms with Gasteiger partial charge in [-0.15, -0.1) is 0 Å². The molecule has 6 nitrogen and oxygen atoms in total. The number of rotatable bonds is 53. The van der Waals surface area contributed by atoms with Gasteiger partial charge in [-0.05, 0) is 128 Å².